The normalized spacial score (nSPS) is 23.6. The van der Waals surface area contributed by atoms with Crippen molar-refractivity contribution in [1.29, 1.82) is 0 Å². The average Bonchev–Trinajstić information content (AvgIpc) is 2.71. The van der Waals surface area contributed by atoms with Crippen molar-refractivity contribution in [2.24, 2.45) is 4.99 Å². The van der Waals surface area contributed by atoms with Crippen molar-refractivity contribution < 1.29 is 14.3 Å². The summed E-state index contributed by atoms with van der Waals surface area (Å²) in [6.45, 7) is 0. The van der Waals surface area contributed by atoms with Gasteiger partial charge in [-0.1, -0.05) is 55.8 Å². The highest BCUT2D eigenvalue weighted by Gasteiger charge is 2.29. The van der Waals surface area contributed by atoms with Crippen LogP contribution in [0.1, 0.15) is 50.5 Å². The van der Waals surface area contributed by atoms with E-state index in [0.717, 1.165) is 31.2 Å². The first kappa shape index (κ1) is 20.6. The maximum absolute atomic E-state index is 12.7. The molecule has 156 valence electrons. The van der Waals surface area contributed by atoms with E-state index in [1.165, 1.54) is 19.3 Å². The second-order valence-electron chi connectivity index (χ2n) is 7.91. The molecule has 0 aromatic heterocycles. The van der Waals surface area contributed by atoms with Crippen LogP contribution < -0.4 is 5.32 Å². The molecule has 1 unspecified atom stereocenters. The molecular weight excluding hydrogens is 400 g/mol. The van der Waals surface area contributed by atoms with Crippen LogP contribution in [0.25, 0.3) is 6.08 Å². The molecule has 5 nitrogen and oxygen atoms in total. The lowest BCUT2D eigenvalue weighted by Gasteiger charge is -2.25. The second-order valence-corrected chi connectivity index (χ2v) is 8.35. The second kappa shape index (κ2) is 9.43. The fraction of sp³-hybridized carbons (Fsp3) is 0.375. The smallest absolute Gasteiger partial charge is 0.312 e. The van der Waals surface area contributed by atoms with Gasteiger partial charge < -0.3 is 10.1 Å². The summed E-state index contributed by atoms with van der Waals surface area (Å²) in [6.07, 6.45) is 14.5. The zero-order chi connectivity index (χ0) is 20.9. The Bertz CT molecular complexity index is 936. The van der Waals surface area contributed by atoms with Gasteiger partial charge in [0.25, 0.3) is 5.91 Å². The number of aliphatic imine (C=N–C) groups is 1. The van der Waals surface area contributed by atoms with Gasteiger partial charge in [0.1, 0.15) is 0 Å². The van der Waals surface area contributed by atoms with Gasteiger partial charge >= 0.3 is 5.91 Å². The molecule has 30 heavy (non-hydrogen) atoms. The fourth-order valence-corrected chi connectivity index (χ4v) is 4.08. The molecule has 1 saturated carbocycles. The number of benzene rings is 1. The van der Waals surface area contributed by atoms with Crippen LogP contribution >= 0.6 is 11.6 Å². The van der Waals surface area contributed by atoms with Gasteiger partial charge in [0, 0.05) is 16.6 Å². The number of ether oxygens (including phenoxy) is 1. The Hall–Kier alpha value is -2.66. The summed E-state index contributed by atoms with van der Waals surface area (Å²) in [4.78, 5) is 29.3. The Morgan fingerprint density at radius 1 is 1.10 bits per heavy atom. The summed E-state index contributed by atoms with van der Waals surface area (Å²) in [5.74, 6) is -0.401. The number of nitrogens with one attached hydrogen (secondary N) is 1. The lowest BCUT2D eigenvalue weighted by atomic mass is 9.96. The molecule has 0 spiro atoms. The average molecular weight is 425 g/mol. The molecule has 3 aliphatic rings. The van der Waals surface area contributed by atoms with Gasteiger partial charge in [-0.2, -0.15) is 0 Å². The molecule has 0 saturated heterocycles. The van der Waals surface area contributed by atoms with Crippen LogP contribution in [-0.2, 0) is 14.3 Å². The monoisotopic (exact) mass is 424 g/mol. The van der Waals surface area contributed by atoms with Crippen molar-refractivity contribution in [2.75, 3.05) is 0 Å². The molecule has 4 rings (SSSR count). The maximum Gasteiger partial charge on any atom is 0.312 e. The Morgan fingerprint density at radius 2 is 1.80 bits per heavy atom. The highest BCUT2D eigenvalue weighted by Crippen LogP contribution is 2.24. The van der Waals surface area contributed by atoms with E-state index in [0.29, 0.717) is 16.3 Å². The predicted molar refractivity (Wildman–Crippen MR) is 118 cm³/mol. The summed E-state index contributed by atoms with van der Waals surface area (Å²) in [7, 11) is 0. The summed E-state index contributed by atoms with van der Waals surface area (Å²) < 4.78 is 5.83. The summed E-state index contributed by atoms with van der Waals surface area (Å²) >= 11 is 5.90. The van der Waals surface area contributed by atoms with Crippen LogP contribution in [0, 0.1) is 0 Å². The number of rotatable bonds is 3. The first-order chi connectivity index (χ1) is 14.6. The number of halogens is 1. The molecule has 1 heterocycles. The van der Waals surface area contributed by atoms with Crippen molar-refractivity contribution in [3.05, 3.63) is 64.4 Å². The molecule has 1 atom stereocenters. The van der Waals surface area contributed by atoms with E-state index in [1.54, 1.807) is 48.6 Å². The number of hydrogen-bond acceptors (Lipinski definition) is 3. The fourth-order valence-electron chi connectivity index (χ4n) is 3.95. The Morgan fingerprint density at radius 3 is 2.53 bits per heavy atom. The molecule has 1 aliphatic heterocycles. The third kappa shape index (κ3) is 5.08. The number of carbonyl (C=O) groups excluding carboxylic acids is 2. The lowest BCUT2D eigenvalue weighted by Crippen LogP contribution is -2.38. The minimum atomic E-state index is -0.473. The number of hydrogen-bond donors (Lipinski definition) is 1. The van der Waals surface area contributed by atoms with E-state index < -0.39 is 12.0 Å². The first-order valence-electron chi connectivity index (χ1n) is 10.6. The molecule has 2 amide bonds. The first-order valence-corrected chi connectivity index (χ1v) is 10.9. The topological polar surface area (TPSA) is 67.8 Å². The van der Waals surface area contributed by atoms with Crippen molar-refractivity contribution in [2.45, 2.75) is 57.1 Å². The molecule has 6 heteroatoms. The standard InChI is InChI=1S/C24H25ClN2O3/c25-18-11-8-16(9-12-18)14-22-24(29)27-20-15-17(10-13-21(20)30-22)23(28)26-19-6-4-2-1-3-5-7-19/h8-15,19,21H,1-7H2,(H,26,28)/b22-14+. The Kier molecular flexibility index (Phi) is 6.48. The zero-order valence-electron chi connectivity index (χ0n) is 16.8. The summed E-state index contributed by atoms with van der Waals surface area (Å²) in [6, 6.07) is 7.32. The molecule has 1 fully saturated rings. The van der Waals surface area contributed by atoms with Crippen LogP contribution in [0.15, 0.2) is 58.8 Å². The van der Waals surface area contributed by atoms with E-state index >= 15 is 0 Å². The van der Waals surface area contributed by atoms with Gasteiger partial charge in [0.2, 0.25) is 0 Å². The van der Waals surface area contributed by atoms with Crippen molar-refractivity contribution in [1.82, 2.24) is 5.32 Å². The molecule has 1 aromatic carbocycles. The lowest BCUT2D eigenvalue weighted by molar-refractivity contribution is -0.119. The van der Waals surface area contributed by atoms with Crippen LogP contribution in [0.3, 0.4) is 0 Å². The van der Waals surface area contributed by atoms with Gasteiger partial charge in [-0.05, 0) is 54.8 Å². The van der Waals surface area contributed by atoms with Gasteiger partial charge in [-0.3, -0.25) is 9.59 Å². The highest BCUT2D eigenvalue weighted by atomic mass is 35.5. The SMILES string of the molecule is O=C(NC1CCCCCCC1)C1=CC2=NC(=O)/C(=C\c3ccc(Cl)cc3)OC2C=C1. The van der Waals surface area contributed by atoms with Crippen molar-refractivity contribution in [3.8, 4) is 0 Å². The Balaban J connectivity index is 1.45. The maximum atomic E-state index is 12.7. The molecule has 0 bridgehead atoms. The Labute approximate surface area is 181 Å². The minimum absolute atomic E-state index is 0.118. The number of carbonyl (C=O) groups is 2. The summed E-state index contributed by atoms with van der Waals surface area (Å²) in [5, 5.41) is 3.77. The number of amides is 2. The third-order valence-corrected chi connectivity index (χ3v) is 5.86. The highest BCUT2D eigenvalue weighted by molar-refractivity contribution is 6.30. The van der Waals surface area contributed by atoms with Crippen molar-refractivity contribution in [3.63, 3.8) is 0 Å². The van der Waals surface area contributed by atoms with Gasteiger partial charge in [-0.25, -0.2) is 4.99 Å². The van der Waals surface area contributed by atoms with Crippen molar-refractivity contribution >= 4 is 35.2 Å². The molecule has 2 aliphatic carbocycles. The predicted octanol–water partition coefficient (Wildman–Crippen LogP) is 4.77. The van der Waals surface area contributed by atoms with Gasteiger partial charge in [0.15, 0.2) is 11.9 Å². The van der Waals surface area contributed by atoms with E-state index in [2.05, 4.69) is 10.3 Å². The molecule has 1 N–H and O–H groups in total. The van der Waals surface area contributed by atoms with Gasteiger partial charge in [0.05, 0.1) is 5.71 Å². The van der Waals surface area contributed by atoms with Crippen LogP contribution in [0.5, 0.6) is 0 Å². The third-order valence-electron chi connectivity index (χ3n) is 5.61. The quantitative estimate of drug-likeness (QED) is 0.710. The molecule has 1 aromatic rings. The van der Waals surface area contributed by atoms with E-state index in [-0.39, 0.29) is 17.7 Å². The van der Waals surface area contributed by atoms with E-state index in [1.807, 2.05) is 0 Å². The zero-order valence-corrected chi connectivity index (χ0v) is 17.5. The largest absolute Gasteiger partial charge is 0.474 e. The van der Waals surface area contributed by atoms with Crippen LogP contribution in [0.2, 0.25) is 5.02 Å². The van der Waals surface area contributed by atoms with E-state index in [4.69, 9.17) is 16.3 Å². The number of nitrogens with zero attached hydrogens (tertiary/aromatic N) is 1. The number of fused-ring (bicyclic) bond motifs is 1. The van der Waals surface area contributed by atoms with Crippen LogP contribution in [-0.4, -0.2) is 29.7 Å². The van der Waals surface area contributed by atoms with E-state index in [9.17, 15) is 9.59 Å². The summed E-state index contributed by atoms with van der Waals surface area (Å²) in [5.41, 5.74) is 1.77. The van der Waals surface area contributed by atoms with Crippen LogP contribution in [0.4, 0.5) is 0 Å². The molecular formula is C24H25ClN2O3. The minimum Gasteiger partial charge on any atom is -0.474 e. The molecule has 0 radical (unpaired) electrons. The van der Waals surface area contributed by atoms with Gasteiger partial charge in [-0.15, -0.1) is 0 Å².